The Hall–Kier alpha value is -1.58. The number of hydrogen-bond donors (Lipinski definition) is 2. The van der Waals surface area contributed by atoms with E-state index in [0.717, 1.165) is 30.0 Å². The Morgan fingerprint density at radius 1 is 1.38 bits per heavy atom. The molecule has 68 valence electrons. The molecule has 1 aliphatic rings. The van der Waals surface area contributed by atoms with Crippen LogP contribution < -0.4 is 11.1 Å². The first-order valence-electron chi connectivity index (χ1n) is 4.29. The Labute approximate surface area is 76.9 Å². The van der Waals surface area contributed by atoms with Crippen LogP contribution in [0.4, 0.5) is 11.8 Å². The van der Waals surface area contributed by atoms with E-state index in [1.54, 1.807) is 0 Å². The van der Waals surface area contributed by atoms with Crippen LogP contribution in [-0.4, -0.2) is 16.5 Å². The van der Waals surface area contributed by atoms with Crippen LogP contribution in [0.15, 0.2) is 12.2 Å². The van der Waals surface area contributed by atoms with Gasteiger partial charge in [-0.2, -0.15) is 4.98 Å². The van der Waals surface area contributed by atoms with Crippen LogP contribution in [0.3, 0.4) is 0 Å². The molecule has 0 aromatic carbocycles. The zero-order valence-electron chi connectivity index (χ0n) is 7.54. The number of fused-ring (bicyclic) bond motifs is 1. The normalized spacial score (nSPS) is 14.5. The molecule has 1 aromatic heterocycles. The first-order valence-corrected chi connectivity index (χ1v) is 4.29. The van der Waals surface area contributed by atoms with Gasteiger partial charge in [0.15, 0.2) is 0 Å². The summed E-state index contributed by atoms with van der Waals surface area (Å²) in [5.41, 5.74) is 7.65. The van der Waals surface area contributed by atoms with Crippen LogP contribution in [0.5, 0.6) is 0 Å². The third-order valence-electron chi connectivity index (χ3n) is 2.11. The summed E-state index contributed by atoms with van der Waals surface area (Å²) in [7, 11) is 0. The summed E-state index contributed by atoms with van der Waals surface area (Å²) in [6.45, 7) is 2.76. The van der Waals surface area contributed by atoms with Gasteiger partial charge in [-0.05, 0) is 13.3 Å². The highest BCUT2D eigenvalue weighted by Crippen LogP contribution is 2.19. The quantitative estimate of drug-likeness (QED) is 0.576. The Balaban J connectivity index is 2.52. The first kappa shape index (κ1) is 8.04. The monoisotopic (exact) mass is 176 g/mol. The van der Waals surface area contributed by atoms with E-state index in [-0.39, 0.29) is 0 Å². The van der Waals surface area contributed by atoms with E-state index in [2.05, 4.69) is 27.4 Å². The standard InChI is InChI=1S/C9H12N4/c1-6-7-4-2-3-5-11-8(7)13-9(10)12-6/h2-3H,4-5H2,1H3,(H3,10,11,12,13). The number of nitrogens with one attached hydrogen (secondary N) is 1. The van der Waals surface area contributed by atoms with E-state index in [4.69, 9.17) is 5.73 Å². The fourth-order valence-corrected chi connectivity index (χ4v) is 1.45. The third-order valence-corrected chi connectivity index (χ3v) is 2.11. The Bertz CT molecular complexity index is 357. The Morgan fingerprint density at radius 3 is 3.08 bits per heavy atom. The molecule has 4 heteroatoms. The van der Waals surface area contributed by atoms with Crippen molar-refractivity contribution in [3.8, 4) is 0 Å². The average Bonchev–Trinajstić information content (AvgIpc) is 2.28. The van der Waals surface area contributed by atoms with Gasteiger partial charge in [0, 0.05) is 17.8 Å². The van der Waals surface area contributed by atoms with E-state index >= 15 is 0 Å². The van der Waals surface area contributed by atoms with Gasteiger partial charge in [0.1, 0.15) is 5.82 Å². The minimum Gasteiger partial charge on any atom is -0.368 e. The summed E-state index contributed by atoms with van der Waals surface area (Å²) in [4.78, 5) is 8.27. The second kappa shape index (κ2) is 3.05. The van der Waals surface area contributed by atoms with Crippen LogP contribution in [0, 0.1) is 6.92 Å². The van der Waals surface area contributed by atoms with Crippen molar-refractivity contribution in [2.24, 2.45) is 0 Å². The van der Waals surface area contributed by atoms with Crippen molar-refractivity contribution >= 4 is 11.8 Å². The number of anilines is 2. The molecule has 0 unspecified atom stereocenters. The zero-order valence-corrected chi connectivity index (χ0v) is 7.54. The second-order valence-electron chi connectivity index (χ2n) is 3.05. The van der Waals surface area contributed by atoms with Crippen LogP contribution in [0.25, 0.3) is 0 Å². The molecule has 0 bridgehead atoms. The lowest BCUT2D eigenvalue weighted by Gasteiger charge is -2.08. The van der Waals surface area contributed by atoms with Gasteiger partial charge in [0.2, 0.25) is 5.95 Å². The predicted molar refractivity (Wildman–Crippen MR) is 52.5 cm³/mol. The lowest BCUT2D eigenvalue weighted by Crippen LogP contribution is -2.07. The number of hydrogen-bond acceptors (Lipinski definition) is 4. The van der Waals surface area contributed by atoms with Crippen LogP contribution in [-0.2, 0) is 6.42 Å². The van der Waals surface area contributed by atoms with Crippen molar-refractivity contribution in [3.05, 3.63) is 23.4 Å². The number of rotatable bonds is 0. The van der Waals surface area contributed by atoms with Gasteiger partial charge in [-0.3, -0.25) is 0 Å². The molecule has 0 aliphatic carbocycles. The van der Waals surface area contributed by atoms with Crippen molar-refractivity contribution in [3.63, 3.8) is 0 Å². The molecule has 0 radical (unpaired) electrons. The molecule has 1 aliphatic heterocycles. The van der Waals surface area contributed by atoms with Gasteiger partial charge in [0.05, 0.1) is 0 Å². The van der Waals surface area contributed by atoms with Gasteiger partial charge < -0.3 is 11.1 Å². The van der Waals surface area contributed by atoms with Gasteiger partial charge in [0.25, 0.3) is 0 Å². The van der Waals surface area contributed by atoms with E-state index in [1.807, 2.05) is 6.92 Å². The topological polar surface area (TPSA) is 63.8 Å². The number of nitrogens with two attached hydrogens (primary N) is 1. The average molecular weight is 176 g/mol. The Morgan fingerprint density at radius 2 is 2.23 bits per heavy atom. The molecule has 0 fully saturated rings. The number of nitrogen functional groups attached to an aromatic ring is 1. The van der Waals surface area contributed by atoms with Crippen molar-refractivity contribution in [1.82, 2.24) is 9.97 Å². The molecule has 0 saturated carbocycles. The van der Waals surface area contributed by atoms with E-state index in [0.29, 0.717) is 5.95 Å². The molecular weight excluding hydrogens is 164 g/mol. The maximum Gasteiger partial charge on any atom is 0.222 e. The number of aromatic nitrogens is 2. The zero-order chi connectivity index (χ0) is 9.26. The van der Waals surface area contributed by atoms with Gasteiger partial charge in [-0.15, -0.1) is 0 Å². The fraction of sp³-hybridized carbons (Fsp3) is 0.333. The maximum atomic E-state index is 5.55. The molecule has 0 spiro atoms. The number of allylic oxidation sites excluding steroid dienone is 1. The molecule has 13 heavy (non-hydrogen) atoms. The van der Waals surface area contributed by atoms with Crippen LogP contribution in [0.1, 0.15) is 11.3 Å². The van der Waals surface area contributed by atoms with Crippen molar-refractivity contribution in [2.45, 2.75) is 13.3 Å². The molecule has 2 heterocycles. The largest absolute Gasteiger partial charge is 0.368 e. The summed E-state index contributed by atoms with van der Waals surface area (Å²) >= 11 is 0. The molecule has 2 rings (SSSR count). The van der Waals surface area contributed by atoms with Crippen LogP contribution >= 0.6 is 0 Å². The first-order chi connectivity index (χ1) is 6.27. The second-order valence-corrected chi connectivity index (χ2v) is 3.05. The highest BCUT2D eigenvalue weighted by Gasteiger charge is 2.09. The minimum atomic E-state index is 0.339. The number of aryl methyl sites for hydroxylation is 1. The highest BCUT2D eigenvalue weighted by atomic mass is 15.1. The lowest BCUT2D eigenvalue weighted by molar-refractivity contribution is 1.05. The van der Waals surface area contributed by atoms with E-state index in [1.165, 1.54) is 0 Å². The third kappa shape index (κ3) is 1.47. The maximum absolute atomic E-state index is 5.55. The minimum absolute atomic E-state index is 0.339. The summed E-state index contributed by atoms with van der Waals surface area (Å²) in [6, 6.07) is 0. The molecule has 0 saturated heterocycles. The molecular formula is C9H12N4. The number of nitrogens with zero attached hydrogens (tertiary/aromatic N) is 2. The molecule has 0 atom stereocenters. The van der Waals surface area contributed by atoms with Gasteiger partial charge in [-0.1, -0.05) is 12.2 Å². The molecule has 0 amide bonds. The van der Waals surface area contributed by atoms with Gasteiger partial charge >= 0.3 is 0 Å². The smallest absolute Gasteiger partial charge is 0.222 e. The SMILES string of the molecule is Cc1nc(N)nc2c1CC=CCN2. The Kier molecular flexibility index (Phi) is 1.88. The van der Waals surface area contributed by atoms with E-state index < -0.39 is 0 Å². The summed E-state index contributed by atoms with van der Waals surface area (Å²) in [6.07, 6.45) is 5.08. The van der Waals surface area contributed by atoms with Crippen molar-refractivity contribution in [2.75, 3.05) is 17.6 Å². The van der Waals surface area contributed by atoms with E-state index in [9.17, 15) is 0 Å². The molecule has 4 nitrogen and oxygen atoms in total. The summed E-state index contributed by atoms with van der Waals surface area (Å²) < 4.78 is 0. The molecule has 3 N–H and O–H groups in total. The summed E-state index contributed by atoms with van der Waals surface area (Å²) in [5.74, 6) is 1.21. The van der Waals surface area contributed by atoms with Crippen molar-refractivity contribution in [1.29, 1.82) is 0 Å². The molecule has 1 aromatic rings. The van der Waals surface area contributed by atoms with Gasteiger partial charge in [-0.25, -0.2) is 4.98 Å². The fourth-order valence-electron chi connectivity index (χ4n) is 1.45. The predicted octanol–water partition coefficient (Wildman–Crippen LogP) is 0.891. The van der Waals surface area contributed by atoms with Crippen LogP contribution in [0.2, 0.25) is 0 Å². The summed E-state index contributed by atoms with van der Waals surface area (Å²) in [5, 5.41) is 3.19. The highest BCUT2D eigenvalue weighted by molar-refractivity contribution is 5.51. The van der Waals surface area contributed by atoms with Crippen molar-refractivity contribution < 1.29 is 0 Å². The lowest BCUT2D eigenvalue weighted by atomic mass is 10.1.